The van der Waals surface area contributed by atoms with Crippen LogP contribution in [0, 0.1) is 13.8 Å². The van der Waals surface area contributed by atoms with Crippen LogP contribution in [0.15, 0.2) is 52.6 Å². The molecule has 29 heavy (non-hydrogen) atoms. The molecule has 10 heteroatoms. The zero-order valence-electron chi connectivity index (χ0n) is 16.7. The van der Waals surface area contributed by atoms with E-state index in [1.807, 2.05) is 40.1 Å². The summed E-state index contributed by atoms with van der Waals surface area (Å²) in [7, 11) is -3.81. The zero-order chi connectivity index (χ0) is 22.2. The number of sulfonamides is 1. The first-order valence-corrected chi connectivity index (χ1v) is 10.4. The highest BCUT2D eigenvalue weighted by Gasteiger charge is 2.42. The number of halogens is 3. The van der Waals surface area contributed by atoms with Crippen molar-refractivity contribution in [2.75, 3.05) is 11.4 Å². The first-order chi connectivity index (χ1) is 13.5. The Hall–Kier alpha value is -2.46. The van der Waals surface area contributed by atoms with Gasteiger partial charge in [-0.05, 0) is 49.2 Å². The predicted molar refractivity (Wildman–Crippen MR) is 109 cm³/mol. The molecule has 3 rings (SSSR count). The van der Waals surface area contributed by atoms with Crippen molar-refractivity contribution >= 4 is 22.0 Å². The van der Waals surface area contributed by atoms with E-state index in [9.17, 15) is 21.6 Å². The van der Waals surface area contributed by atoms with Crippen LogP contribution in [0.2, 0.25) is 0 Å². The van der Waals surface area contributed by atoms with Crippen LogP contribution in [0.5, 0.6) is 0 Å². The lowest BCUT2D eigenvalue weighted by Crippen LogP contribution is -2.33. The Bertz CT molecular complexity index is 897. The lowest BCUT2D eigenvalue weighted by Gasteiger charge is -2.17. The van der Waals surface area contributed by atoms with Gasteiger partial charge in [0.25, 0.3) is 0 Å². The van der Waals surface area contributed by atoms with E-state index in [4.69, 9.17) is 5.14 Å². The van der Waals surface area contributed by atoms with E-state index in [0.717, 1.165) is 6.34 Å². The molecule has 160 valence electrons. The van der Waals surface area contributed by atoms with Crippen LogP contribution in [-0.4, -0.2) is 38.5 Å². The summed E-state index contributed by atoms with van der Waals surface area (Å²) in [4.78, 5) is 8.55. The number of pyridine rings is 1. The van der Waals surface area contributed by atoms with E-state index in [-0.39, 0.29) is 11.4 Å². The minimum Gasteiger partial charge on any atom is -0.330 e. The Morgan fingerprint density at radius 3 is 1.93 bits per heavy atom. The molecule has 0 bridgehead atoms. The molecule has 1 unspecified atom stereocenters. The van der Waals surface area contributed by atoms with Crippen molar-refractivity contribution in [3.05, 3.63) is 53.9 Å². The number of benzene rings is 1. The molecule has 1 atom stereocenters. The van der Waals surface area contributed by atoms with E-state index in [1.54, 1.807) is 0 Å². The molecule has 0 saturated heterocycles. The van der Waals surface area contributed by atoms with Crippen molar-refractivity contribution in [2.24, 2.45) is 10.1 Å². The number of aliphatic imine (C=N–C) groups is 1. The highest BCUT2D eigenvalue weighted by atomic mass is 32.2. The fraction of sp³-hybridized carbons (Fsp3) is 0.368. The molecular weight excluding hydrogens is 405 g/mol. The molecule has 1 aromatic carbocycles. The Balaban J connectivity index is 0.000000351. The molecule has 0 radical (unpaired) electrons. The highest BCUT2D eigenvalue weighted by Crippen LogP contribution is 2.28. The number of rotatable bonds is 2. The van der Waals surface area contributed by atoms with E-state index in [1.165, 1.54) is 40.3 Å². The van der Waals surface area contributed by atoms with Crippen molar-refractivity contribution in [3.63, 3.8) is 0 Å². The number of hydrogen-bond donors (Lipinski definition) is 1. The number of aromatic nitrogens is 1. The molecule has 1 aliphatic heterocycles. The standard InChI is InChI=1S/C10H10F3N3O2S.C7H9N.C2H6/c11-10(12,13)9-5-16(6-15-9)7-1-3-8(4-2-7)19(14,17)18;1-6-3-7(2)5-8-4-6;1-2/h1-4,6,9H,5H2,(H2,14,17,18);3-5H,1-2H3;1-2H3. The fourth-order valence-electron chi connectivity index (χ4n) is 2.33. The lowest BCUT2D eigenvalue weighted by atomic mass is 10.2. The third-order valence-electron chi connectivity index (χ3n) is 3.64. The zero-order valence-corrected chi connectivity index (χ0v) is 17.5. The van der Waals surface area contributed by atoms with Gasteiger partial charge in [0.1, 0.15) is 0 Å². The van der Waals surface area contributed by atoms with Crippen LogP contribution < -0.4 is 10.0 Å². The van der Waals surface area contributed by atoms with Gasteiger partial charge in [-0.15, -0.1) is 0 Å². The van der Waals surface area contributed by atoms with E-state index >= 15 is 0 Å². The summed E-state index contributed by atoms with van der Waals surface area (Å²) in [5.41, 5.74) is 2.87. The minimum atomic E-state index is -4.38. The van der Waals surface area contributed by atoms with Crippen LogP contribution >= 0.6 is 0 Å². The van der Waals surface area contributed by atoms with Gasteiger partial charge in [0, 0.05) is 18.1 Å². The molecule has 2 N–H and O–H groups in total. The summed E-state index contributed by atoms with van der Waals surface area (Å²) < 4.78 is 59.4. The summed E-state index contributed by atoms with van der Waals surface area (Å²) in [5, 5.41) is 4.92. The van der Waals surface area contributed by atoms with Crippen molar-refractivity contribution in [3.8, 4) is 0 Å². The number of anilines is 1. The summed E-state index contributed by atoms with van der Waals surface area (Å²) in [5.74, 6) is 0. The van der Waals surface area contributed by atoms with Crippen LogP contribution in [0.25, 0.3) is 0 Å². The van der Waals surface area contributed by atoms with Crippen LogP contribution in [0.1, 0.15) is 25.0 Å². The van der Waals surface area contributed by atoms with Crippen LogP contribution in [-0.2, 0) is 10.0 Å². The maximum absolute atomic E-state index is 12.4. The molecule has 0 fully saturated rings. The molecule has 1 aliphatic rings. The van der Waals surface area contributed by atoms with Gasteiger partial charge in [-0.1, -0.05) is 19.9 Å². The number of nitrogens with zero attached hydrogens (tertiary/aromatic N) is 3. The molecule has 0 aliphatic carbocycles. The number of nitrogens with two attached hydrogens (primary N) is 1. The smallest absolute Gasteiger partial charge is 0.330 e. The number of hydrogen-bond acceptors (Lipinski definition) is 5. The summed E-state index contributed by atoms with van der Waals surface area (Å²) in [6.45, 7) is 7.76. The Morgan fingerprint density at radius 1 is 1.07 bits per heavy atom. The maximum Gasteiger partial charge on any atom is 0.412 e. The van der Waals surface area contributed by atoms with Crippen molar-refractivity contribution in [2.45, 2.75) is 44.8 Å². The molecule has 2 aromatic rings. The lowest BCUT2D eigenvalue weighted by molar-refractivity contribution is -0.142. The SMILES string of the molecule is CC.Cc1cncc(C)c1.NS(=O)(=O)c1ccc(N2C=NC(C(F)(F)F)C2)cc1. The monoisotopic (exact) mass is 430 g/mol. The normalized spacial score (nSPS) is 15.9. The molecule has 0 amide bonds. The molecule has 6 nitrogen and oxygen atoms in total. The number of alkyl halides is 3. The maximum atomic E-state index is 12.4. The predicted octanol–water partition coefficient (Wildman–Crippen LogP) is 3.84. The first kappa shape index (κ1) is 24.6. The van der Waals surface area contributed by atoms with Gasteiger partial charge in [-0.2, -0.15) is 13.2 Å². The van der Waals surface area contributed by atoms with Gasteiger partial charge >= 0.3 is 6.18 Å². The van der Waals surface area contributed by atoms with Crippen molar-refractivity contribution in [1.82, 2.24) is 4.98 Å². The largest absolute Gasteiger partial charge is 0.412 e. The van der Waals surface area contributed by atoms with E-state index < -0.39 is 22.2 Å². The average Bonchev–Trinajstić information content (AvgIpc) is 3.14. The average molecular weight is 430 g/mol. The molecule has 0 spiro atoms. The fourth-order valence-corrected chi connectivity index (χ4v) is 2.85. The molecular formula is C19H25F3N4O2S. The second-order valence-corrected chi connectivity index (χ2v) is 7.61. The molecule has 1 aromatic heterocycles. The van der Waals surface area contributed by atoms with Gasteiger partial charge in [0.15, 0.2) is 6.04 Å². The van der Waals surface area contributed by atoms with Gasteiger partial charge in [0.05, 0.1) is 17.8 Å². The van der Waals surface area contributed by atoms with Gasteiger partial charge in [-0.25, -0.2) is 13.6 Å². The number of aryl methyl sites for hydroxylation is 2. The Labute approximate surface area is 169 Å². The second kappa shape index (κ2) is 10.4. The number of primary sulfonamides is 1. The van der Waals surface area contributed by atoms with Gasteiger partial charge < -0.3 is 4.90 Å². The quantitative estimate of drug-likeness (QED) is 0.784. The summed E-state index contributed by atoms with van der Waals surface area (Å²) in [6.07, 6.45) is 0.413. The highest BCUT2D eigenvalue weighted by molar-refractivity contribution is 7.89. The second-order valence-electron chi connectivity index (χ2n) is 6.05. The molecule has 0 saturated carbocycles. The topological polar surface area (TPSA) is 88.6 Å². The minimum absolute atomic E-state index is 0.0974. The summed E-state index contributed by atoms with van der Waals surface area (Å²) in [6, 6.07) is 5.58. The van der Waals surface area contributed by atoms with E-state index in [0.29, 0.717) is 5.69 Å². The van der Waals surface area contributed by atoms with Crippen LogP contribution in [0.3, 0.4) is 0 Å². The third kappa shape index (κ3) is 7.82. The van der Waals surface area contributed by atoms with Gasteiger partial charge in [0.2, 0.25) is 10.0 Å². The van der Waals surface area contributed by atoms with E-state index in [2.05, 4.69) is 16.0 Å². The Kier molecular flexibility index (Phi) is 8.78. The van der Waals surface area contributed by atoms with Crippen molar-refractivity contribution in [1.29, 1.82) is 0 Å². The van der Waals surface area contributed by atoms with Crippen LogP contribution in [0.4, 0.5) is 18.9 Å². The third-order valence-corrected chi connectivity index (χ3v) is 4.57. The molecule has 2 heterocycles. The van der Waals surface area contributed by atoms with Gasteiger partial charge in [-0.3, -0.25) is 9.98 Å². The Morgan fingerprint density at radius 2 is 1.59 bits per heavy atom. The first-order valence-electron chi connectivity index (χ1n) is 8.84. The van der Waals surface area contributed by atoms with Crippen molar-refractivity contribution < 1.29 is 21.6 Å². The summed E-state index contributed by atoms with van der Waals surface area (Å²) >= 11 is 0.